The van der Waals surface area contributed by atoms with Crippen LogP contribution in [0.25, 0.3) is 0 Å². The summed E-state index contributed by atoms with van der Waals surface area (Å²) >= 11 is 0. The number of nitrogens with two attached hydrogens (primary N) is 1. The molecule has 0 aliphatic carbocycles. The van der Waals surface area contributed by atoms with Crippen molar-refractivity contribution in [2.45, 2.75) is 40.5 Å². The van der Waals surface area contributed by atoms with Gasteiger partial charge < -0.3 is 11.1 Å². The van der Waals surface area contributed by atoms with Crippen molar-refractivity contribution in [1.82, 2.24) is 5.32 Å². The summed E-state index contributed by atoms with van der Waals surface area (Å²) in [5.41, 5.74) is 5.73. The number of hydrogen-bond donors (Lipinski definition) is 2. The summed E-state index contributed by atoms with van der Waals surface area (Å²) in [5.74, 6) is 2.19. The van der Waals surface area contributed by atoms with Gasteiger partial charge in [0.25, 0.3) is 0 Å². The molecule has 3 N–H and O–H groups in total. The van der Waals surface area contributed by atoms with E-state index < -0.39 is 0 Å². The lowest BCUT2D eigenvalue weighted by Gasteiger charge is -2.19. The summed E-state index contributed by atoms with van der Waals surface area (Å²) in [6.45, 7) is 12.1. The van der Waals surface area contributed by atoms with Gasteiger partial charge in [-0.3, -0.25) is 0 Å². The summed E-state index contributed by atoms with van der Waals surface area (Å²) in [5, 5.41) is 3.51. The maximum absolute atomic E-state index is 5.73. The van der Waals surface area contributed by atoms with Crippen LogP contribution in [0.2, 0.25) is 0 Å². The first-order valence-electron chi connectivity index (χ1n) is 6.00. The average molecular weight is 200 g/mol. The van der Waals surface area contributed by atoms with Crippen molar-refractivity contribution in [1.29, 1.82) is 0 Å². The first-order valence-corrected chi connectivity index (χ1v) is 6.00. The molecule has 14 heavy (non-hydrogen) atoms. The van der Waals surface area contributed by atoms with Crippen LogP contribution < -0.4 is 11.1 Å². The van der Waals surface area contributed by atoms with Gasteiger partial charge in [-0.1, -0.05) is 34.1 Å². The van der Waals surface area contributed by atoms with Gasteiger partial charge in [0, 0.05) is 0 Å². The Morgan fingerprint density at radius 2 is 1.79 bits per heavy atom. The van der Waals surface area contributed by atoms with Crippen molar-refractivity contribution in [2.24, 2.45) is 23.5 Å². The highest BCUT2D eigenvalue weighted by Gasteiger charge is 2.08. The van der Waals surface area contributed by atoms with E-state index in [0.717, 1.165) is 31.5 Å². The topological polar surface area (TPSA) is 38.0 Å². The Labute approximate surface area is 89.6 Å². The molecule has 0 bridgehead atoms. The zero-order valence-electron chi connectivity index (χ0n) is 10.3. The third-order valence-electron chi connectivity index (χ3n) is 2.76. The van der Waals surface area contributed by atoms with Crippen molar-refractivity contribution in [3.05, 3.63) is 0 Å². The van der Waals surface area contributed by atoms with E-state index in [1.807, 2.05) is 0 Å². The molecular formula is C12H28N2. The number of nitrogens with one attached hydrogen (secondary N) is 1. The Morgan fingerprint density at radius 3 is 2.21 bits per heavy atom. The molecule has 0 amide bonds. The zero-order valence-corrected chi connectivity index (χ0v) is 10.3. The van der Waals surface area contributed by atoms with Crippen LogP contribution in [0, 0.1) is 17.8 Å². The molecule has 0 radical (unpaired) electrons. The van der Waals surface area contributed by atoms with E-state index in [1.54, 1.807) is 0 Å². The third kappa shape index (κ3) is 7.34. The summed E-state index contributed by atoms with van der Waals surface area (Å²) in [4.78, 5) is 0. The van der Waals surface area contributed by atoms with Gasteiger partial charge in [-0.05, 0) is 43.8 Å². The lowest BCUT2D eigenvalue weighted by molar-refractivity contribution is 0.379. The molecule has 0 aliphatic rings. The molecule has 0 saturated heterocycles. The van der Waals surface area contributed by atoms with E-state index in [1.165, 1.54) is 12.8 Å². The smallest absolute Gasteiger partial charge is 0.000825 e. The average Bonchev–Trinajstić information content (AvgIpc) is 2.15. The zero-order chi connectivity index (χ0) is 11.0. The fraction of sp³-hybridized carbons (Fsp3) is 1.00. The molecular weight excluding hydrogens is 172 g/mol. The SMILES string of the molecule is CCC(C)CNCC(CN)CC(C)C. The van der Waals surface area contributed by atoms with E-state index in [-0.39, 0.29) is 0 Å². The van der Waals surface area contributed by atoms with Gasteiger partial charge in [0.05, 0.1) is 0 Å². The summed E-state index contributed by atoms with van der Waals surface area (Å²) in [6, 6.07) is 0. The van der Waals surface area contributed by atoms with E-state index in [2.05, 4.69) is 33.0 Å². The highest BCUT2D eigenvalue weighted by atomic mass is 14.9. The van der Waals surface area contributed by atoms with Crippen LogP contribution in [0.3, 0.4) is 0 Å². The van der Waals surface area contributed by atoms with E-state index >= 15 is 0 Å². The van der Waals surface area contributed by atoms with Crippen molar-refractivity contribution in [3.8, 4) is 0 Å². The van der Waals surface area contributed by atoms with Crippen LogP contribution in [0.5, 0.6) is 0 Å². The van der Waals surface area contributed by atoms with Crippen molar-refractivity contribution in [3.63, 3.8) is 0 Å². The minimum atomic E-state index is 0.652. The molecule has 2 unspecified atom stereocenters. The van der Waals surface area contributed by atoms with Crippen LogP contribution >= 0.6 is 0 Å². The van der Waals surface area contributed by atoms with E-state index in [0.29, 0.717) is 5.92 Å². The van der Waals surface area contributed by atoms with E-state index in [4.69, 9.17) is 5.73 Å². The molecule has 2 atom stereocenters. The van der Waals surface area contributed by atoms with Gasteiger partial charge in [0.2, 0.25) is 0 Å². The molecule has 0 aromatic heterocycles. The first kappa shape index (κ1) is 13.9. The molecule has 0 heterocycles. The second-order valence-corrected chi connectivity index (χ2v) is 4.90. The van der Waals surface area contributed by atoms with Crippen LogP contribution in [0.4, 0.5) is 0 Å². The highest BCUT2D eigenvalue weighted by molar-refractivity contribution is 4.66. The van der Waals surface area contributed by atoms with E-state index in [9.17, 15) is 0 Å². The van der Waals surface area contributed by atoms with Gasteiger partial charge in [-0.15, -0.1) is 0 Å². The second kappa shape index (κ2) is 8.25. The Morgan fingerprint density at radius 1 is 1.14 bits per heavy atom. The lowest BCUT2D eigenvalue weighted by Crippen LogP contribution is -2.31. The maximum Gasteiger partial charge on any atom is -0.000825 e. The Balaban J connectivity index is 3.52. The molecule has 0 saturated carbocycles. The van der Waals surface area contributed by atoms with Crippen LogP contribution in [0.15, 0.2) is 0 Å². The molecule has 2 heteroatoms. The van der Waals surface area contributed by atoms with Crippen molar-refractivity contribution >= 4 is 0 Å². The maximum atomic E-state index is 5.73. The number of hydrogen-bond acceptors (Lipinski definition) is 2. The van der Waals surface area contributed by atoms with Gasteiger partial charge >= 0.3 is 0 Å². The van der Waals surface area contributed by atoms with Crippen LogP contribution in [0.1, 0.15) is 40.5 Å². The highest BCUT2D eigenvalue weighted by Crippen LogP contribution is 2.09. The quantitative estimate of drug-likeness (QED) is 0.630. The number of rotatable bonds is 8. The molecule has 0 rings (SSSR count). The minimum Gasteiger partial charge on any atom is -0.330 e. The predicted molar refractivity (Wildman–Crippen MR) is 64.3 cm³/mol. The lowest BCUT2D eigenvalue weighted by atomic mass is 9.97. The summed E-state index contributed by atoms with van der Waals surface area (Å²) in [6.07, 6.45) is 2.49. The van der Waals surface area contributed by atoms with Crippen molar-refractivity contribution in [2.75, 3.05) is 19.6 Å². The molecule has 0 fully saturated rings. The summed E-state index contributed by atoms with van der Waals surface area (Å²) in [7, 11) is 0. The fourth-order valence-corrected chi connectivity index (χ4v) is 1.61. The van der Waals surface area contributed by atoms with Crippen molar-refractivity contribution < 1.29 is 0 Å². The van der Waals surface area contributed by atoms with Gasteiger partial charge in [0.15, 0.2) is 0 Å². The third-order valence-corrected chi connectivity index (χ3v) is 2.76. The standard InChI is InChI=1S/C12H28N2/c1-5-11(4)8-14-9-12(7-13)6-10(2)3/h10-12,14H,5-9,13H2,1-4H3. The molecule has 0 aliphatic heterocycles. The Kier molecular flexibility index (Phi) is 8.20. The Bertz CT molecular complexity index is 123. The van der Waals surface area contributed by atoms with Gasteiger partial charge in [0.1, 0.15) is 0 Å². The molecule has 86 valence electrons. The largest absolute Gasteiger partial charge is 0.330 e. The molecule has 2 nitrogen and oxygen atoms in total. The monoisotopic (exact) mass is 200 g/mol. The fourth-order valence-electron chi connectivity index (χ4n) is 1.61. The summed E-state index contributed by atoms with van der Waals surface area (Å²) < 4.78 is 0. The molecule has 0 spiro atoms. The Hall–Kier alpha value is -0.0800. The van der Waals surface area contributed by atoms with Crippen LogP contribution in [-0.2, 0) is 0 Å². The minimum absolute atomic E-state index is 0.652. The normalized spacial score (nSPS) is 15.9. The predicted octanol–water partition coefficient (Wildman–Crippen LogP) is 2.24. The van der Waals surface area contributed by atoms with Crippen LogP contribution in [-0.4, -0.2) is 19.6 Å². The second-order valence-electron chi connectivity index (χ2n) is 4.90. The first-order chi connectivity index (χ1) is 6.60. The van der Waals surface area contributed by atoms with Gasteiger partial charge in [-0.2, -0.15) is 0 Å². The molecule has 0 aromatic carbocycles. The van der Waals surface area contributed by atoms with Gasteiger partial charge in [-0.25, -0.2) is 0 Å². The molecule has 0 aromatic rings.